The third kappa shape index (κ3) is 5.90. The van der Waals surface area contributed by atoms with Crippen molar-refractivity contribution < 1.29 is 9.47 Å². The van der Waals surface area contributed by atoms with Gasteiger partial charge in [0, 0.05) is 24.7 Å². The van der Waals surface area contributed by atoms with Crippen LogP contribution in [0.5, 0.6) is 11.5 Å². The summed E-state index contributed by atoms with van der Waals surface area (Å²) in [5.74, 6) is 2.03. The minimum atomic E-state index is 0.383. The minimum absolute atomic E-state index is 0.383. The first kappa shape index (κ1) is 16.7. The molecule has 0 aliphatic rings. The number of nitrogens with zero attached hydrogens (tertiary/aromatic N) is 1. The van der Waals surface area contributed by atoms with Gasteiger partial charge in [0.1, 0.15) is 11.5 Å². The third-order valence-corrected chi connectivity index (χ3v) is 3.22. The van der Waals surface area contributed by atoms with Crippen molar-refractivity contribution in [3.8, 4) is 11.5 Å². The van der Waals surface area contributed by atoms with E-state index in [1.807, 2.05) is 48.5 Å². The lowest BCUT2D eigenvalue weighted by Gasteiger charge is -2.08. The summed E-state index contributed by atoms with van der Waals surface area (Å²) in [7, 11) is 1.63. The van der Waals surface area contributed by atoms with Crippen molar-refractivity contribution in [2.45, 2.75) is 13.3 Å². The smallest absolute Gasteiger partial charge is 0.193 e. The van der Waals surface area contributed by atoms with E-state index in [9.17, 15) is 0 Å². The highest BCUT2D eigenvalue weighted by Crippen LogP contribution is 2.16. The number of nitrogens with two attached hydrogens (primary N) is 1. The molecule has 0 aromatic heterocycles. The van der Waals surface area contributed by atoms with E-state index in [1.54, 1.807) is 7.11 Å². The molecule has 5 nitrogen and oxygen atoms in total. The number of methoxy groups -OCH3 is 1. The Hall–Kier alpha value is -2.69. The second-order valence-electron chi connectivity index (χ2n) is 5.14. The van der Waals surface area contributed by atoms with Gasteiger partial charge in [0.2, 0.25) is 0 Å². The van der Waals surface area contributed by atoms with Crippen molar-refractivity contribution in [1.82, 2.24) is 0 Å². The molecule has 0 fully saturated rings. The van der Waals surface area contributed by atoms with Crippen molar-refractivity contribution in [2.24, 2.45) is 10.7 Å². The predicted molar refractivity (Wildman–Crippen MR) is 94.4 cm³/mol. The van der Waals surface area contributed by atoms with Crippen LogP contribution >= 0.6 is 0 Å². The van der Waals surface area contributed by atoms with E-state index in [0.29, 0.717) is 19.1 Å². The molecule has 0 bridgehead atoms. The zero-order chi connectivity index (χ0) is 16.5. The number of hydrogen-bond acceptors (Lipinski definition) is 3. The zero-order valence-electron chi connectivity index (χ0n) is 13.6. The third-order valence-electron chi connectivity index (χ3n) is 3.22. The summed E-state index contributed by atoms with van der Waals surface area (Å²) in [4.78, 5) is 4.28. The van der Waals surface area contributed by atoms with Gasteiger partial charge in [0.05, 0.1) is 13.7 Å². The van der Waals surface area contributed by atoms with E-state index >= 15 is 0 Å². The minimum Gasteiger partial charge on any atom is -0.497 e. The Kier molecular flexibility index (Phi) is 6.29. The van der Waals surface area contributed by atoms with Crippen LogP contribution in [0, 0.1) is 6.92 Å². The summed E-state index contributed by atoms with van der Waals surface area (Å²) in [6.07, 6.45) is 0.800. The second kappa shape index (κ2) is 8.68. The van der Waals surface area contributed by atoms with Gasteiger partial charge in [-0.15, -0.1) is 0 Å². The molecule has 0 saturated carbocycles. The quantitative estimate of drug-likeness (QED) is 0.468. The molecule has 0 atom stereocenters. The lowest BCUT2D eigenvalue weighted by Crippen LogP contribution is -2.23. The topological polar surface area (TPSA) is 68.9 Å². The van der Waals surface area contributed by atoms with Crippen molar-refractivity contribution >= 4 is 11.6 Å². The molecule has 23 heavy (non-hydrogen) atoms. The van der Waals surface area contributed by atoms with Gasteiger partial charge in [0.15, 0.2) is 5.96 Å². The molecular weight excluding hydrogens is 290 g/mol. The average Bonchev–Trinajstić information content (AvgIpc) is 2.56. The Labute approximate surface area is 137 Å². The Morgan fingerprint density at radius 3 is 2.65 bits per heavy atom. The van der Waals surface area contributed by atoms with Gasteiger partial charge in [0.25, 0.3) is 0 Å². The summed E-state index contributed by atoms with van der Waals surface area (Å²) in [6.45, 7) is 3.27. The first-order valence-corrected chi connectivity index (χ1v) is 7.58. The van der Waals surface area contributed by atoms with Crippen LogP contribution in [0.3, 0.4) is 0 Å². The highest BCUT2D eigenvalue weighted by Gasteiger charge is 1.98. The Morgan fingerprint density at radius 2 is 1.91 bits per heavy atom. The number of benzene rings is 2. The van der Waals surface area contributed by atoms with Crippen LogP contribution in [0.4, 0.5) is 5.69 Å². The molecule has 2 aromatic rings. The lowest BCUT2D eigenvalue weighted by atomic mass is 10.2. The van der Waals surface area contributed by atoms with Gasteiger partial charge >= 0.3 is 0 Å². The molecule has 0 spiro atoms. The van der Waals surface area contributed by atoms with Gasteiger partial charge in [-0.2, -0.15) is 0 Å². The number of aryl methyl sites for hydroxylation is 1. The van der Waals surface area contributed by atoms with E-state index in [1.165, 1.54) is 5.56 Å². The van der Waals surface area contributed by atoms with Crippen molar-refractivity contribution in [3.63, 3.8) is 0 Å². The van der Waals surface area contributed by atoms with E-state index in [-0.39, 0.29) is 0 Å². The Balaban J connectivity index is 1.71. The Morgan fingerprint density at radius 1 is 1.13 bits per heavy atom. The van der Waals surface area contributed by atoms with E-state index in [0.717, 1.165) is 23.6 Å². The summed E-state index contributed by atoms with van der Waals surface area (Å²) in [6, 6.07) is 15.5. The monoisotopic (exact) mass is 313 g/mol. The van der Waals surface area contributed by atoms with Crippen molar-refractivity contribution in [1.29, 1.82) is 0 Å². The predicted octanol–water partition coefficient (Wildman–Crippen LogP) is 3.20. The number of ether oxygens (including phenoxy) is 2. The van der Waals surface area contributed by atoms with Crippen molar-refractivity contribution in [2.75, 3.05) is 25.6 Å². The van der Waals surface area contributed by atoms with Crippen LogP contribution in [0.25, 0.3) is 0 Å². The Bertz CT molecular complexity index is 639. The molecule has 3 N–H and O–H groups in total. The summed E-state index contributed by atoms with van der Waals surface area (Å²) >= 11 is 0. The van der Waals surface area contributed by atoms with Crippen molar-refractivity contribution in [3.05, 3.63) is 54.1 Å². The molecule has 0 aliphatic heterocycles. The molecule has 122 valence electrons. The summed E-state index contributed by atoms with van der Waals surface area (Å²) in [5.41, 5.74) is 7.93. The largest absolute Gasteiger partial charge is 0.497 e. The summed E-state index contributed by atoms with van der Waals surface area (Å²) in [5, 5.41) is 3.04. The van der Waals surface area contributed by atoms with E-state index in [2.05, 4.69) is 17.2 Å². The van der Waals surface area contributed by atoms with Gasteiger partial charge in [-0.1, -0.05) is 23.8 Å². The van der Waals surface area contributed by atoms with Crippen LogP contribution in [0.1, 0.15) is 12.0 Å². The van der Waals surface area contributed by atoms with Gasteiger partial charge in [-0.25, -0.2) is 0 Å². The van der Waals surface area contributed by atoms with Crippen LogP contribution in [-0.4, -0.2) is 26.2 Å². The molecule has 5 heteroatoms. The summed E-state index contributed by atoms with van der Waals surface area (Å²) < 4.78 is 10.8. The molecule has 2 rings (SSSR count). The fraction of sp³-hybridized carbons (Fsp3) is 0.278. The van der Waals surface area contributed by atoms with Crippen LogP contribution in [-0.2, 0) is 0 Å². The molecule has 2 aromatic carbocycles. The fourth-order valence-electron chi connectivity index (χ4n) is 1.98. The van der Waals surface area contributed by atoms with E-state index in [4.69, 9.17) is 15.2 Å². The lowest BCUT2D eigenvalue weighted by molar-refractivity contribution is 0.313. The number of rotatable bonds is 7. The van der Waals surface area contributed by atoms with Gasteiger partial charge in [-0.3, -0.25) is 4.99 Å². The molecule has 0 unspecified atom stereocenters. The number of anilines is 1. The second-order valence-corrected chi connectivity index (χ2v) is 5.14. The average molecular weight is 313 g/mol. The molecule has 0 heterocycles. The highest BCUT2D eigenvalue weighted by molar-refractivity contribution is 5.92. The number of hydrogen-bond donors (Lipinski definition) is 2. The van der Waals surface area contributed by atoms with E-state index < -0.39 is 0 Å². The first-order valence-electron chi connectivity index (χ1n) is 7.58. The maximum absolute atomic E-state index is 5.86. The first-order chi connectivity index (χ1) is 11.2. The molecule has 0 saturated heterocycles. The maximum Gasteiger partial charge on any atom is 0.193 e. The molecular formula is C18H23N3O2. The van der Waals surface area contributed by atoms with Gasteiger partial charge in [-0.05, 0) is 31.2 Å². The molecule has 0 aliphatic carbocycles. The maximum atomic E-state index is 5.86. The van der Waals surface area contributed by atoms with Gasteiger partial charge < -0.3 is 20.5 Å². The fourth-order valence-corrected chi connectivity index (χ4v) is 1.98. The normalized spacial score (nSPS) is 11.1. The highest BCUT2D eigenvalue weighted by atomic mass is 16.5. The van der Waals surface area contributed by atoms with Crippen LogP contribution < -0.4 is 20.5 Å². The van der Waals surface area contributed by atoms with Crippen LogP contribution in [0.2, 0.25) is 0 Å². The standard InChI is InChI=1S/C18H23N3O2/c1-14-7-9-16(10-8-14)23-12-4-11-20-18(19)21-15-5-3-6-17(13-15)22-2/h3,5-10,13H,4,11-12H2,1-2H3,(H3,19,20,21). The number of guanidine groups is 1. The number of nitrogens with one attached hydrogen (secondary N) is 1. The SMILES string of the molecule is COc1cccc(NC(N)=NCCCOc2ccc(C)cc2)c1. The molecule has 0 amide bonds. The van der Waals surface area contributed by atoms with Crippen LogP contribution in [0.15, 0.2) is 53.5 Å². The molecule has 0 radical (unpaired) electrons. The number of aliphatic imine (C=N–C) groups is 1. The zero-order valence-corrected chi connectivity index (χ0v) is 13.6.